The van der Waals surface area contributed by atoms with Gasteiger partial charge in [-0.25, -0.2) is 0 Å². The molecule has 0 unspecified atom stereocenters. The number of ketones is 1. The molecule has 0 aromatic carbocycles. The minimum Gasteiger partial charge on any atom is -0.378 e. The number of carbonyl (C=O) groups is 1. The van der Waals surface area contributed by atoms with Crippen LogP contribution in [0.1, 0.15) is 63.4 Å². The molecule has 1 aliphatic rings. The molecule has 27 heavy (non-hydrogen) atoms. The Hall–Kier alpha value is -1.30. The maximum absolute atomic E-state index is 12.1. The minimum atomic E-state index is -0.0534. The number of aromatic nitrogens is 1. The van der Waals surface area contributed by atoms with Crippen molar-refractivity contribution in [3.05, 3.63) is 30.1 Å². The highest BCUT2D eigenvalue weighted by Gasteiger charge is 2.19. The predicted octanol–water partition coefficient (Wildman–Crippen LogP) is 3.98. The third kappa shape index (κ3) is 8.96. The molecule has 5 nitrogen and oxygen atoms in total. The van der Waals surface area contributed by atoms with Crippen LogP contribution in [0.3, 0.4) is 0 Å². The van der Waals surface area contributed by atoms with E-state index >= 15 is 0 Å². The first kappa shape index (κ1) is 22.0. The van der Waals surface area contributed by atoms with Gasteiger partial charge in [-0.15, -0.1) is 0 Å². The van der Waals surface area contributed by atoms with Gasteiger partial charge in [0.2, 0.25) is 0 Å². The molecule has 1 atom stereocenters. The summed E-state index contributed by atoms with van der Waals surface area (Å²) in [5.41, 5.74) is 0.526. The van der Waals surface area contributed by atoms with Crippen LogP contribution in [-0.2, 0) is 9.47 Å². The van der Waals surface area contributed by atoms with Gasteiger partial charge in [-0.1, -0.05) is 6.07 Å². The van der Waals surface area contributed by atoms with Crippen LogP contribution in [0.4, 0.5) is 0 Å². The van der Waals surface area contributed by atoms with Crippen LogP contribution in [0.25, 0.3) is 0 Å². The number of hydrogen-bond acceptors (Lipinski definition) is 5. The standard InChI is InChI=1S/C22H36N2O3/c1-18(2)26-16-14-24-12-9-20(10-13-24)7-6-15-27-19(3)17-22(25)21-8-4-5-11-23-21/h4-5,8,11,18-20H,6-7,9-10,12-17H2,1-3H3/t19-/m1/s1. The fourth-order valence-corrected chi connectivity index (χ4v) is 3.53. The van der Waals surface area contributed by atoms with Crippen LogP contribution in [0, 0.1) is 5.92 Å². The van der Waals surface area contributed by atoms with Crippen LogP contribution in [0.5, 0.6) is 0 Å². The normalized spacial score (nSPS) is 17.3. The van der Waals surface area contributed by atoms with Crippen molar-refractivity contribution in [1.82, 2.24) is 9.88 Å². The van der Waals surface area contributed by atoms with Gasteiger partial charge in [0.25, 0.3) is 0 Å². The van der Waals surface area contributed by atoms with E-state index in [1.807, 2.05) is 19.1 Å². The van der Waals surface area contributed by atoms with E-state index in [2.05, 4.69) is 23.7 Å². The van der Waals surface area contributed by atoms with Crippen LogP contribution in [0.2, 0.25) is 0 Å². The van der Waals surface area contributed by atoms with Crippen molar-refractivity contribution in [2.24, 2.45) is 5.92 Å². The van der Waals surface area contributed by atoms with E-state index in [1.54, 1.807) is 12.3 Å². The van der Waals surface area contributed by atoms with Crippen molar-refractivity contribution < 1.29 is 14.3 Å². The van der Waals surface area contributed by atoms with E-state index < -0.39 is 0 Å². The molecule has 1 aromatic heterocycles. The summed E-state index contributed by atoms with van der Waals surface area (Å²) in [6.07, 6.45) is 7.16. The van der Waals surface area contributed by atoms with Gasteiger partial charge in [-0.3, -0.25) is 9.78 Å². The summed E-state index contributed by atoms with van der Waals surface area (Å²) in [5, 5.41) is 0. The number of rotatable bonds is 12. The molecule has 1 saturated heterocycles. The van der Waals surface area contributed by atoms with E-state index in [1.165, 1.54) is 32.4 Å². The van der Waals surface area contributed by atoms with Crippen molar-refractivity contribution in [3.63, 3.8) is 0 Å². The molecule has 0 bridgehead atoms. The third-order valence-electron chi connectivity index (χ3n) is 5.15. The lowest BCUT2D eigenvalue weighted by Crippen LogP contribution is -2.36. The SMILES string of the molecule is CC(C)OCCN1CCC(CCCO[C@H](C)CC(=O)c2ccccn2)CC1. The largest absolute Gasteiger partial charge is 0.378 e. The van der Waals surface area contributed by atoms with Gasteiger partial charge < -0.3 is 14.4 Å². The monoisotopic (exact) mass is 376 g/mol. The lowest BCUT2D eigenvalue weighted by Gasteiger charge is -2.32. The molecule has 1 aromatic rings. The van der Waals surface area contributed by atoms with Gasteiger partial charge in [-0.2, -0.15) is 0 Å². The lowest BCUT2D eigenvalue weighted by atomic mass is 9.92. The Morgan fingerprint density at radius 3 is 2.63 bits per heavy atom. The molecule has 0 amide bonds. The number of Topliss-reactive ketones (excluding diaryl/α,β-unsaturated/α-hetero) is 1. The molecule has 1 fully saturated rings. The number of nitrogens with zero attached hydrogens (tertiary/aromatic N) is 2. The van der Waals surface area contributed by atoms with Crippen molar-refractivity contribution >= 4 is 5.78 Å². The zero-order chi connectivity index (χ0) is 19.5. The van der Waals surface area contributed by atoms with E-state index in [9.17, 15) is 4.79 Å². The third-order valence-corrected chi connectivity index (χ3v) is 5.15. The minimum absolute atomic E-state index is 0.0527. The Kier molecular flexibility index (Phi) is 9.95. The number of pyridine rings is 1. The summed E-state index contributed by atoms with van der Waals surface area (Å²) >= 11 is 0. The molecule has 0 radical (unpaired) electrons. The van der Waals surface area contributed by atoms with Gasteiger partial charge in [0, 0.05) is 25.8 Å². The molecule has 0 spiro atoms. The smallest absolute Gasteiger partial charge is 0.183 e. The average Bonchev–Trinajstić information content (AvgIpc) is 2.67. The van der Waals surface area contributed by atoms with E-state index in [-0.39, 0.29) is 11.9 Å². The molecule has 0 aliphatic carbocycles. The number of hydrogen-bond donors (Lipinski definition) is 0. The molecule has 1 aliphatic heterocycles. The summed E-state index contributed by atoms with van der Waals surface area (Å²) in [7, 11) is 0. The van der Waals surface area contributed by atoms with E-state index in [0.717, 1.165) is 32.1 Å². The van der Waals surface area contributed by atoms with E-state index in [4.69, 9.17) is 9.47 Å². The highest BCUT2D eigenvalue weighted by Crippen LogP contribution is 2.22. The predicted molar refractivity (Wildman–Crippen MR) is 108 cm³/mol. The maximum atomic E-state index is 12.1. The number of carbonyl (C=O) groups excluding carboxylic acids is 1. The van der Waals surface area contributed by atoms with Crippen LogP contribution < -0.4 is 0 Å². The van der Waals surface area contributed by atoms with Gasteiger partial charge in [0.1, 0.15) is 5.69 Å². The number of ether oxygens (including phenoxy) is 2. The van der Waals surface area contributed by atoms with Crippen molar-refractivity contribution in [2.45, 2.75) is 65.1 Å². The van der Waals surface area contributed by atoms with Crippen LogP contribution >= 0.6 is 0 Å². The molecular weight excluding hydrogens is 340 g/mol. The Labute approximate surface area is 164 Å². The molecule has 2 heterocycles. The second kappa shape index (κ2) is 12.2. The Bertz CT molecular complexity index is 528. The first-order valence-corrected chi connectivity index (χ1v) is 10.4. The molecule has 5 heteroatoms. The first-order valence-electron chi connectivity index (χ1n) is 10.4. The summed E-state index contributed by atoms with van der Waals surface area (Å²) in [5.74, 6) is 0.859. The van der Waals surface area contributed by atoms with E-state index in [0.29, 0.717) is 18.2 Å². The Balaban J connectivity index is 1.51. The Morgan fingerprint density at radius 1 is 1.19 bits per heavy atom. The second-order valence-electron chi connectivity index (χ2n) is 7.87. The zero-order valence-electron chi connectivity index (χ0n) is 17.2. The summed E-state index contributed by atoms with van der Waals surface area (Å²) < 4.78 is 11.5. The maximum Gasteiger partial charge on any atom is 0.183 e. The van der Waals surface area contributed by atoms with Crippen molar-refractivity contribution in [1.29, 1.82) is 0 Å². The number of likely N-dealkylation sites (tertiary alicyclic amines) is 1. The van der Waals surface area contributed by atoms with Gasteiger partial charge >= 0.3 is 0 Å². The highest BCUT2D eigenvalue weighted by molar-refractivity contribution is 5.94. The van der Waals surface area contributed by atoms with Crippen LogP contribution in [-0.4, -0.2) is 60.7 Å². The molecule has 0 N–H and O–H groups in total. The highest BCUT2D eigenvalue weighted by atomic mass is 16.5. The summed E-state index contributed by atoms with van der Waals surface area (Å²) in [6.45, 7) is 11.1. The fraction of sp³-hybridized carbons (Fsp3) is 0.727. The van der Waals surface area contributed by atoms with Gasteiger partial charge in [0.15, 0.2) is 5.78 Å². The molecular formula is C22H36N2O3. The van der Waals surface area contributed by atoms with Gasteiger partial charge in [-0.05, 0) is 77.6 Å². The van der Waals surface area contributed by atoms with Crippen LogP contribution in [0.15, 0.2) is 24.4 Å². The second-order valence-corrected chi connectivity index (χ2v) is 7.87. The lowest BCUT2D eigenvalue weighted by molar-refractivity contribution is 0.0435. The molecule has 2 rings (SSSR count). The summed E-state index contributed by atoms with van der Waals surface area (Å²) in [4.78, 5) is 18.7. The average molecular weight is 377 g/mol. The molecule has 0 saturated carbocycles. The first-order chi connectivity index (χ1) is 13.0. The van der Waals surface area contributed by atoms with Crippen molar-refractivity contribution in [2.75, 3.05) is 32.8 Å². The summed E-state index contributed by atoms with van der Waals surface area (Å²) in [6, 6.07) is 5.42. The number of piperidine rings is 1. The quantitative estimate of drug-likeness (QED) is 0.408. The van der Waals surface area contributed by atoms with Gasteiger partial charge in [0.05, 0.1) is 18.8 Å². The zero-order valence-corrected chi connectivity index (χ0v) is 17.2. The topological polar surface area (TPSA) is 51.7 Å². The fourth-order valence-electron chi connectivity index (χ4n) is 3.53. The Morgan fingerprint density at radius 2 is 1.96 bits per heavy atom. The van der Waals surface area contributed by atoms with Crippen molar-refractivity contribution in [3.8, 4) is 0 Å². The molecule has 152 valence electrons.